The van der Waals surface area contributed by atoms with E-state index in [2.05, 4.69) is 43.5 Å². The van der Waals surface area contributed by atoms with Crippen molar-refractivity contribution in [3.05, 3.63) is 18.2 Å². The second-order valence-electron chi connectivity index (χ2n) is 8.14. The molecule has 2 fully saturated rings. The van der Waals surface area contributed by atoms with E-state index in [1.54, 1.807) is 0 Å². The van der Waals surface area contributed by atoms with Gasteiger partial charge in [-0.05, 0) is 18.8 Å². The zero-order valence-corrected chi connectivity index (χ0v) is 17.6. The van der Waals surface area contributed by atoms with Gasteiger partial charge in [0.25, 0.3) is 0 Å². The first-order valence-electron chi connectivity index (χ1n) is 10.5. The number of aromatic nitrogens is 2. The number of carbonyl (C=O) groups is 1. The van der Waals surface area contributed by atoms with Gasteiger partial charge >= 0.3 is 0 Å². The quantitative estimate of drug-likeness (QED) is 0.577. The number of carbonyl (C=O) groups excluding carboxylic acids is 1. The molecule has 1 aromatic heterocycles. The molecule has 28 heavy (non-hydrogen) atoms. The van der Waals surface area contributed by atoms with E-state index in [1.165, 1.54) is 0 Å². The van der Waals surface area contributed by atoms with Gasteiger partial charge in [-0.2, -0.15) is 0 Å². The number of likely N-dealkylation sites (tertiary alicyclic amines) is 1. The van der Waals surface area contributed by atoms with E-state index < -0.39 is 0 Å². The number of piperazine rings is 1. The van der Waals surface area contributed by atoms with Crippen LogP contribution in [0, 0.1) is 5.92 Å². The number of rotatable bonds is 6. The van der Waals surface area contributed by atoms with Crippen LogP contribution in [0.2, 0.25) is 0 Å². The van der Waals surface area contributed by atoms with E-state index in [1.807, 2.05) is 24.3 Å². The molecule has 8 nitrogen and oxygen atoms in total. The molecule has 1 amide bonds. The van der Waals surface area contributed by atoms with Crippen molar-refractivity contribution in [2.75, 3.05) is 52.9 Å². The third kappa shape index (κ3) is 5.47. The molecule has 3 heterocycles. The Morgan fingerprint density at radius 1 is 1.14 bits per heavy atom. The minimum Gasteiger partial charge on any atom is -0.349 e. The molecule has 0 saturated carbocycles. The van der Waals surface area contributed by atoms with Crippen LogP contribution in [0.25, 0.3) is 0 Å². The highest BCUT2D eigenvalue weighted by Crippen LogP contribution is 2.10. The summed E-state index contributed by atoms with van der Waals surface area (Å²) in [4.78, 5) is 27.8. The molecule has 8 heteroatoms. The summed E-state index contributed by atoms with van der Waals surface area (Å²) in [6.07, 6.45) is 6.20. The van der Waals surface area contributed by atoms with Gasteiger partial charge < -0.3 is 19.7 Å². The van der Waals surface area contributed by atoms with E-state index in [0.29, 0.717) is 19.0 Å². The number of nitrogens with zero attached hydrogens (tertiary/aromatic N) is 6. The van der Waals surface area contributed by atoms with Crippen LogP contribution in [0.3, 0.4) is 0 Å². The summed E-state index contributed by atoms with van der Waals surface area (Å²) < 4.78 is 2.20. The van der Waals surface area contributed by atoms with Crippen molar-refractivity contribution >= 4 is 11.9 Å². The summed E-state index contributed by atoms with van der Waals surface area (Å²) in [5, 5.41) is 3.45. The van der Waals surface area contributed by atoms with Crippen molar-refractivity contribution in [2.24, 2.45) is 10.9 Å². The lowest BCUT2D eigenvalue weighted by Gasteiger charge is -2.36. The molecule has 1 N–H and O–H groups in total. The Morgan fingerprint density at radius 2 is 1.86 bits per heavy atom. The van der Waals surface area contributed by atoms with Gasteiger partial charge in [-0.1, -0.05) is 13.8 Å². The third-order valence-electron chi connectivity index (χ3n) is 5.47. The highest BCUT2D eigenvalue weighted by atomic mass is 16.2. The highest BCUT2D eigenvalue weighted by molar-refractivity contribution is 5.80. The average molecular weight is 390 g/mol. The number of hydrogen-bond donors (Lipinski definition) is 1. The second kappa shape index (κ2) is 9.91. The average Bonchev–Trinajstić information content (AvgIpc) is 3.35. The van der Waals surface area contributed by atoms with E-state index >= 15 is 0 Å². The van der Waals surface area contributed by atoms with Crippen LogP contribution in [0.5, 0.6) is 0 Å². The maximum absolute atomic E-state index is 12.4. The second-order valence-corrected chi connectivity index (χ2v) is 8.14. The Bertz CT molecular complexity index is 655. The van der Waals surface area contributed by atoms with E-state index in [4.69, 9.17) is 0 Å². The number of imidazole rings is 1. The van der Waals surface area contributed by atoms with Crippen molar-refractivity contribution in [3.8, 4) is 0 Å². The molecule has 0 bridgehead atoms. The Hall–Kier alpha value is -2.09. The SMILES string of the molecule is CN=C(NCc1nccn1CC(C)C)N1CCN(CC(=O)N2CCCC2)CC1. The molecule has 0 aliphatic carbocycles. The molecular weight excluding hydrogens is 354 g/mol. The van der Waals surface area contributed by atoms with Crippen molar-refractivity contribution < 1.29 is 4.79 Å². The molecule has 2 aliphatic rings. The first-order valence-corrected chi connectivity index (χ1v) is 10.5. The molecule has 3 rings (SSSR count). The molecule has 1 aromatic rings. The summed E-state index contributed by atoms with van der Waals surface area (Å²) >= 11 is 0. The van der Waals surface area contributed by atoms with Crippen molar-refractivity contribution in [2.45, 2.75) is 39.8 Å². The Morgan fingerprint density at radius 3 is 2.50 bits per heavy atom. The number of guanidine groups is 1. The third-order valence-corrected chi connectivity index (χ3v) is 5.47. The summed E-state index contributed by atoms with van der Waals surface area (Å²) in [5.41, 5.74) is 0. The Kier molecular flexibility index (Phi) is 7.30. The Labute approximate surface area is 168 Å². The molecule has 2 aliphatic heterocycles. The minimum absolute atomic E-state index is 0.283. The van der Waals surface area contributed by atoms with Crippen LogP contribution < -0.4 is 5.32 Å². The normalized spacial score (nSPS) is 18.9. The fourth-order valence-electron chi connectivity index (χ4n) is 3.93. The summed E-state index contributed by atoms with van der Waals surface area (Å²) in [6, 6.07) is 0. The Balaban J connectivity index is 1.45. The lowest BCUT2D eigenvalue weighted by Crippen LogP contribution is -2.54. The van der Waals surface area contributed by atoms with Gasteiger partial charge in [-0.15, -0.1) is 0 Å². The first-order chi connectivity index (χ1) is 13.6. The zero-order valence-electron chi connectivity index (χ0n) is 17.6. The van der Waals surface area contributed by atoms with E-state index in [9.17, 15) is 4.79 Å². The molecule has 2 saturated heterocycles. The van der Waals surface area contributed by atoms with Crippen LogP contribution in [-0.4, -0.2) is 89.0 Å². The van der Waals surface area contributed by atoms with Crippen molar-refractivity contribution in [1.82, 2.24) is 29.6 Å². The monoisotopic (exact) mass is 389 g/mol. The summed E-state index contributed by atoms with van der Waals surface area (Å²) in [5.74, 6) is 2.81. The zero-order chi connectivity index (χ0) is 19.9. The predicted molar refractivity (Wildman–Crippen MR) is 111 cm³/mol. The van der Waals surface area contributed by atoms with Crippen LogP contribution in [0.15, 0.2) is 17.4 Å². The lowest BCUT2D eigenvalue weighted by atomic mass is 10.2. The van der Waals surface area contributed by atoms with Gasteiger partial charge in [-0.3, -0.25) is 14.7 Å². The first kappa shape index (κ1) is 20.6. The standard InChI is InChI=1S/C20H35N7O/c1-17(2)15-27-9-6-22-18(27)14-23-20(21-3)26-12-10-24(11-13-26)16-19(28)25-7-4-5-8-25/h6,9,17H,4-5,7-8,10-16H2,1-3H3,(H,21,23). The fourth-order valence-corrected chi connectivity index (χ4v) is 3.93. The number of hydrogen-bond acceptors (Lipinski definition) is 4. The van der Waals surface area contributed by atoms with Crippen LogP contribution >= 0.6 is 0 Å². The van der Waals surface area contributed by atoms with Crippen molar-refractivity contribution in [3.63, 3.8) is 0 Å². The van der Waals surface area contributed by atoms with Gasteiger partial charge in [0.1, 0.15) is 5.82 Å². The van der Waals surface area contributed by atoms with Gasteiger partial charge in [0, 0.05) is 65.3 Å². The van der Waals surface area contributed by atoms with Crippen LogP contribution in [-0.2, 0) is 17.9 Å². The van der Waals surface area contributed by atoms with E-state index in [-0.39, 0.29) is 5.91 Å². The van der Waals surface area contributed by atoms with Crippen molar-refractivity contribution in [1.29, 1.82) is 0 Å². The lowest BCUT2D eigenvalue weighted by molar-refractivity contribution is -0.131. The number of amides is 1. The largest absolute Gasteiger partial charge is 0.349 e. The molecule has 156 valence electrons. The molecular formula is C20H35N7O. The smallest absolute Gasteiger partial charge is 0.236 e. The number of nitrogens with one attached hydrogen (secondary N) is 1. The molecule has 0 atom stereocenters. The van der Waals surface area contributed by atoms with E-state index in [0.717, 1.165) is 70.4 Å². The van der Waals surface area contributed by atoms with Gasteiger partial charge in [0.15, 0.2) is 5.96 Å². The highest BCUT2D eigenvalue weighted by Gasteiger charge is 2.24. The van der Waals surface area contributed by atoms with Gasteiger partial charge in [0.05, 0.1) is 13.1 Å². The molecule has 0 aromatic carbocycles. The van der Waals surface area contributed by atoms with Gasteiger partial charge in [-0.25, -0.2) is 4.98 Å². The summed E-state index contributed by atoms with van der Waals surface area (Å²) in [7, 11) is 1.83. The topological polar surface area (TPSA) is 69.0 Å². The van der Waals surface area contributed by atoms with Crippen LogP contribution in [0.1, 0.15) is 32.5 Å². The maximum atomic E-state index is 12.4. The summed E-state index contributed by atoms with van der Waals surface area (Å²) in [6.45, 7) is 12.0. The molecule has 0 spiro atoms. The molecule has 0 radical (unpaired) electrons. The van der Waals surface area contributed by atoms with Crippen LogP contribution in [0.4, 0.5) is 0 Å². The maximum Gasteiger partial charge on any atom is 0.236 e. The predicted octanol–water partition coefficient (Wildman–Crippen LogP) is 0.855. The fraction of sp³-hybridized carbons (Fsp3) is 0.750. The molecule has 0 unspecified atom stereocenters. The minimum atomic E-state index is 0.283. The van der Waals surface area contributed by atoms with Gasteiger partial charge in [0.2, 0.25) is 5.91 Å². The number of aliphatic imine (C=N–C) groups is 1.